The highest BCUT2D eigenvalue weighted by atomic mass is 19.1. The summed E-state index contributed by atoms with van der Waals surface area (Å²) in [6.45, 7) is 7.05. The maximum Gasteiger partial charge on any atom is 0.196 e. The van der Waals surface area contributed by atoms with Crippen molar-refractivity contribution in [3.8, 4) is 17.2 Å². The van der Waals surface area contributed by atoms with Crippen LogP contribution >= 0.6 is 0 Å². The number of nitrogens with zero attached hydrogens (tertiary/aromatic N) is 3. The Morgan fingerprint density at radius 3 is 2.59 bits per heavy atom. The standard InChI is InChI=1S/C13H6FN3/c1-16-13-6-10(8-15)12(14)7-11(13)9-2-4-17-5-3-9/h2-7H. The molecule has 0 unspecified atom stereocenters. The molecule has 2 rings (SSSR count). The van der Waals surface area contributed by atoms with Crippen LogP contribution in [0.2, 0.25) is 0 Å². The van der Waals surface area contributed by atoms with Crippen molar-refractivity contribution in [3.63, 3.8) is 0 Å². The van der Waals surface area contributed by atoms with Crippen LogP contribution in [0.4, 0.5) is 10.1 Å². The molecule has 0 aliphatic rings. The number of hydrogen-bond donors (Lipinski definition) is 0. The van der Waals surface area contributed by atoms with E-state index in [9.17, 15) is 4.39 Å². The van der Waals surface area contributed by atoms with E-state index in [2.05, 4.69) is 9.83 Å². The molecule has 0 atom stereocenters. The van der Waals surface area contributed by atoms with Crippen molar-refractivity contribution in [1.82, 2.24) is 4.98 Å². The third-order valence-corrected chi connectivity index (χ3v) is 2.32. The zero-order valence-corrected chi connectivity index (χ0v) is 8.68. The summed E-state index contributed by atoms with van der Waals surface area (Å²) in [5, 5.41) is 8.70. The van der Waals surface area contributed by atoms with Crippen LogP contribution < -0.4 is 0 Å². The van der Waals surface area contributed by atoms with E-state index in [0.717, 1.165) is 0 Å². The Bertz CT molecular complexity index is 636. The van der Waals surface area contributed by atoms with Gasteiger partial charge in [0.05, 0.1) is 12.1 Å². The van der Waals surface area contributed by atoms with Crippen LogP contribution in [0.3, 0.4) is 0 Å². The summed E-state index contributed by atoms with van der Waals surface area (Å²) in [7, 11) is 0. The van der Waals surface area contributed by atoms with Gasteiger partial charge in [0, 0.05) is 12.4 Å². The summed E-state index contributed by atoms with van der Waals surface area (Å²) < 4.78 is 13.5. The molecule has 0 saturated carbocycles. The third-order valence-electron chi connectivity index (χ3n) is 2.32. The SMILES string of the molecule is [C-]#[N+]c1cc(C#N)c(F)cc1-c1ccncc1. The van der Waals surface area contributed by atoms with Crippen molar-refractivity contribution in [2.24, 2.45) is 0 Å². The molecular formula is C13H6FN3. The quantitative estimate of drug-likeness (QED) is 0.696. The molecular weight excluding hydrogens is 217 g/mol. The molecule has 3 nitrogen and oxygen atoms in total. The monoisotopic (exact) mass is 223 g/mol. The van der Waals surface area contributed by atoms with Gasteiger partial charge in [0.1, 0.15) is 11.9 Å². The van der Waals surface area contributed by atoms with Crippen molar-refractivity contribution < 1.29 is 4.39 Å². The number of hydrogen-bond acceptors (Lipinski definition) is 2. The summed E-state index contributed by atoms with van der Waals surface area (Å²) in [5.74, 6) is -0.619. The fraction of sp³-hybridized carbons (Fsp3) is 0. The van der Waals surface area contributed by atoms with Crippen molar-refractivity contribution >= 4 is 5.69 Å². The van der Waals surface area contributed by atoms with Gasteiger partial charge < -0.3 is 0 Å². The summed E-state index contributed by atoms with van der Waals surface area (Å²) in [6, 6.07) is 7.57. The average molecular weight is 223 g/mol. The Labute approximate surface area is 97.6 Å². The van der Waals surface area contributed by atoms with E-state index in [1.807, 2.05) is 0 Å². The fourth-order valence-electron chi connectivity index (χ4n) is 1.50. The molecule has 0 aliphatic carbocycles. The van der Waals surface area contributed by atoms with Crippen LogP contribution in [-0.4, -0.2) is 4.98 Å². The van der Waals surface area contributed by atoms with Gasteiger partial charge in [0.25, 0.3) is 0 Å². The van der Waals surface area contributed by atoms with Gasteiger partial charge in [0.15, 0.2) is 5.69 Å². The van der Waals surface area contributed by atoms with Gasteiger partial charge in [-0.1, -0.05) is 0 Å². The third kappa shape index (κ3) is 1.97. The number of halogens is 1. The van der Waals surface area contributed by atoms with E-state index >= 15 is 0 Å². The highest BCUT2D eigenvalue weighted by Gasteiger charge is 2.10. The molecule has 0 fully saturated rings. The smallest absolute Gasteiger partial charge is 0.196 e. The Balaban J connectivity index is 2.68. The Morgan fingerprint density at radius 2 is 2.00 bits per heavy atom. The molecule has 0 saturated heterocycles. The molecule has 17 heavy (non-hydrogen) atoms. The normalized spacial score (nSPS) is 9.35. The number of aromatic nitrogens is 1. The van der Waals surface area contributed by atoms with E-state index in [4.69, 9.17) is 11.8 Å². The molecule has 0 bridgehead atoms. The molecule has 0 N–H and O–H groups in total. The number of rotatable bonds is 1. The van der Waals surface area contributed by atoms with Gasteiger partial charge in [-0.3, -0.25) is 4.98 Å². The van der Waals surface area contributed by atoms with Crippen LogP contribution in [0.15, 0.2) is 36.7 Å². The minimum absolute atomic E-state index is 0.117. The van der Waals surface area contributed by atoms with Gasteiger partial charge in [0.2, 0.25) is 0 Å². The minimum Gasteiger partial charge on any atom is -0.265 e. The lowest BCUT2D eigenvalue weighted by molar-refractivity contribution is 0.624. The number of benzene rings is 1. The summed E-state index contributed by atoms with van der Waals surface area (Å²) in [6.07, 6.45) is 3.14. The van der Waals surface area contributed by atoms with Gasteiger partial charge in [-0.25, -0.2) is 9.24 Å². The van der Waals surface area contributed by atoms with E-state index in [-0.39, 0.29) is 11.3 Å². The van der Waals surface area contributed by atoms with Crippen molar-refractivity contribution in [2.45, 2.75) is 0 Å². The predicted octanol–water partition coefficient (Wildman–Crippen LogP) is 3.31. The van der Waals surface area contributed by atoms with Crippen LogP contribution in [0, 0.1) is 23.7 Å². The Hall–Kier alpha value is -2.72. The van der Waals surface area contributed by atoms with Crippen molar-refractivity contribution in [2.75, 3.05) is 0 Å². The van der Waals surface area contributed by atoms with Gasteiger partial charge in [-0.05, 0) is 35.4 Å². The zero-order chi connectivity index (χ0) is 12.3. The van der Waals surface area contributed by atoms with E-state index in [1.165, 1.54) is 12.1 Å². The lowest BCUT2D eigenvalue weighted by atomic mass is 10.0. The lowest BCUT2D eigenvalue weighted by Gasteiger charge is -2.05. The second-order valence-electron chi connectivity index (χ2n) is 3.31. The first-order chi connectivity index (χ1) is 8.26. The molecule has 1 aromatic carbocycles. The fourth-order valence-corrected chi connectivity index (χ4v) is 1.50. The largest absolute Gasteiger partial charge is 0.265 e. The van der Waals surface area contributed by atoms with Crippen molar-refractivity contribution in [3.05, 3.63) is 59.5 Å². The topological polar surface area (TPSA) is 41.0 Å². The van der Waals surface area contributed by atoms with Crippen LogP contribution in [0.25, 0.3) is 16.0 Å². The number of pyridine rings is 1. The molecule has 0 amide bonds. The summed E-state index contributed by atoms with van der Waals surface area (Å²) in [4.78, 5) is 7.17. The molecule has 2 aromatic rings. The maximum absolute atomic E-state index is 13.5. The molecule has 0 spiro atoms. The highest BCUT2D eigenvalue weighted by molar-refractivity contribution is 5.79. The molecule has 80 valence electrons. The van der Waals surface area contributed by atoms with Gasteiger partial charge in [-0.2, -0.15) is 5.26 Å². The summed E-state index contributed by atoms with van der Waals surface area (Å²) >= 11 is 0. The van der Waals surface area contributed by atoms with Crippen LogP contribution in [-0.2, 0) is 0 Å². The first kappa shape index (κ1) is 10.8. The van der Waals surface area contributed by atoms with E-state index in [0.29, 0.717) is 11.1 Å². The Morgan fingerprint density at radius 1 is 1.29 bits per heavy atom. The lowest BCUT2D eigenvalue weighted by Crippen LogP contribution is -1.87. The first-order valence-electron chi connectivity index (χ1n) is 4.77. The van der Waals surface area contributed by atoms with Crippen LogP contribution in [0.5, 0.6) is 0 Å². The van der Waals surface area contributed by atoms with Gasteiger partial charge in [-0.15, -0.1) is 0 Å². The predicted molar refractivity (Wildman–Crippen MR) is 60.6 cm³/mol. The highest BCUT2D eigenvalue weighted by Crippen LogP contribution is 2.32. The average Bonchev–Trinajstić information content (AvgIpc) is 2.39. The number of nitriles is 1. The molecule has 4 heteroatoms. The second kappa shape index (κ2) is 4.42. The molecule has 1 heterocycles. The molecule has 0 aliphatic heterocycles. The Kier molecular flexibility index (Phi) is 2.81. The summed E-state index contributed by atoms with van der Waals surface area (Å²) in [5.41, 5.74) is 1.32. The van der Waals surface area contributed by atoms with Crippen molar-refractivity contribution in [1.29, 1.82) is 5.26 Å². The zero-order valence-electron chi connectivity index (χ0n) is 8.68. The van der Waals surface area contributed by atoms with Gasteiger partial charge >= 0.3 is 0 Å². The molecule has 0 radical (unpaired) electrons. The minimum atomic E-state index is -0.619. The van der Waals surface area contributed by atoms with E-state index < -0.39 is 5.82 Å². The first-order valence-corrected chi connectivity index (χ1v) is 4.77. The van der Waals surface area contributed by atoms with Crippen LogP contribution in [0.1, 0.15) is 5.56 Å². The van der Waals surface area contributed by atoms with E-state index in [1.54, 1.807) is 30.6 Å². The maximum atomic E-state index is 13.5. The second-order valence-corrected chi connectivity index (χ2v) is 3.31. The molecule has 1 aromatic heterocycles.